The standard InChI is InChI=1S/C52H31N3O/c1-2-12-34(13-3-1)47-39-16-5-4-15-38(39)46-50(55-47)40-17-6-7-19-41(40)52(46)42-20-8-9-22-45(42)56-51-37(18-10-21-43(51)52)32-23-25-33(26-24-32)44-30-29-36-28-27-35-14-11-31-53-48(35)49(36)54-44/h1-31H. The number of benzene rings is 7. The van der Waals surface area contributed by atoms with Gasteiger partial charge in [-0.3, -0.25) is 4.98 Å². The van der Waals surface area contributed by atoms with E-state index in [0.29, 0.717) is 0 Å². The lowest BCUT2D eigenvalue weighted by Crippen LogP contribution is -2.32. The summed E-state index contributed by atoms with van der Waals surface area (Å²) in [6, 6.07) is 64.5. The van der Waals surface area contributed by atoms with Crippen LogP contribution >= 0.6 is 0 Å². The second-order valence-electron chi connectivity index (χ2n) is 14.7. The van der Waals surface area contributed by atoms with E-state index >= 15 is 0 Å². The molecule has 1 unspecified atom stereocenters. The van der Waals surface area contributed by atoms with Gasteiger partial charge in [-0.25, -0.2) is 9.97 Å². The van der Waals surface area contributed by atoms with Crippen molar-refractivity contribution >= 4 is 32.6 Å². The highest BCUT2D eigenvalue weighted by atomic mass is 16.5. The average Bonchev–Trinajstić information content (AvgIpc) is 3.57. The summed E-state index contributed by atoms with van der Waals surface area (Å²) in [4.78, 5) is 15.4. The first kappa shape index (κ1) is 31.0. The van der Waals surface area contributed by atoms with Crippen LogP contribution in [-0.4, -0.2) is 15.0 Å². The molecule has 1 spiro atoms. The van der Waals surface area contributed by atoms with E-state index in [1.54, 1.807) is 0 Å². The molecule has 2 aliphatic rings. The van der Waals surface area contributed by atoms with Gasteiger partial charge in [0.1, 0.15) is 11.5 Å². The molecule has 260 valence electrons. The molecule has 1 aliphatic carbocycles. The van der Waals surface area contributed by atoms with Crippen LogP contribution in [0.4, 0.5) is 0 Å². The van der Waals surface area contributed by atoms with Gasteiger partial charge in [-0.1, -0.05) is 164 Å². The molecule has 12 rings (SSSR count). The van der Waals surface area contributed by atoms with Gasteiger partial charge in [0.15, 0.2) is 0 Å². The Kier molecular flexibility index (Phi) is 6.52. The first-order chi connectivity index (χ1) is 27.8. The Morgan fingerprint density at radius 3 is 1.96 bits per heavy atom. The van der Waals surface area contributed by atoms with E-state index in [2.05, 4.69) is 181 Å². The minimum atomic E-state index is -0.667. The van der Waals surface area contributed by atoms with Gasteiger partial charge >= 0.3 is 0 Å². The molecule has 10 aromatic rings. The summed E-state index contributed by atoms with van der Waals surface area (Å²) >= 11 is 0. The molecule has 0 fully saturated rings. The summed E-state index contributed by atoms with van der Waals surface area (Å²) in [6.07, 6.45) is 1.83. The molecule has 1 atom stereocenters. The lowest BCUT2D eigenvalue weighted by Gasteiger charge is -2.40. The first-order valence-corrected chi connectivity index (χ1v) is 19.0. The molecule has 4 heteroatoms. The predicted octanol–water partition coefficient (Wildman–Crippen LogP) is 12.8. The van der Waals surface area contributed by atoms with Crippen LogP contribution < -0.4 is 4.74 Å². The van der Waals surface area contributed by atoms with Crippen LogP contribution in [0, 0.1) is 0 Å². The van der Waals surface area contributed by atoms with Crippen LogP contribution in [0.25, 0.3) is 77.5 Å². The van der Waals surface area contributed by atoms with Crippen LogP contribution in [0.1, 0.15) is 22.3 Å². The largest absolute Gasteiger partial charge is 0.456 e. The summed E-state index contributed by atoms with van der Waals surface area (Å²) in [5.41, 5.74) is 14.1. The maximum absolute atomic E-state index is 7.05. The molecule has 0 bridgehead atoms. The van der Waals surface area contributed by atoms with Crippen molar-refractivity contribution in [3.8, 4) is 56.4 Å². The number of ether oxygens (including phenoxy) is 1. The minimum Gasteiger partial charge on any atom is -0.456 e. The lowest BCUT2D eigenvalue weighted by atomic mass is 9.65. The summed E-state index contributed by atoms with van der Waals surface area (Å²) in [5, 5.41) is 4.48. The van der Waals surface area contributed by atoms with Crippen molar-refractivity contribution in [3.63, 3.8) is 0 Å². The zero-order valence-electron chi connectivity index (χ0n) is 30.1. The summed E-state index contributed by atoms with van der Waals surface area (Å²) in [5.74, 6) is 1.71. The molecule has 0 amide bonds. The Hall–Kier alpha value is -7.43. The van der Waals surface area contributed by atoms with E-state index in [1.165, 1.54) is 16.5 Å². The topological polar surface area (TPSA) is 47.9 Å². The number of rotatable bonds is 3. The van der Waals surface area contributed by atoms with Gasteiger partial charge < -0.3 is 4.74 Å². The van der Waals surface area contributed by atoms with Crippen LogP contribution in [0.2, 0.25) is 0 Å². The normalized spacial score (nSPS) is 15.0. The van der Waals surface area contributed by atoms with Crippen LogP contribution in [-0.2, 0) is 5.41 Å². The molecule has 4 heterocycles. The fourth-order valence-corrected chi connectivity index (χ4v) is 9.36. The van der Waals surface area contributed by atoms with Gasteiger partial charge in [-0.15, -0.1) is 0 Å². The molecule has 0 saturated carbocycles. The van der Waals surface area contributed by atoms with Gasteiger partial charge in [0.25, 0.3) is 0 Å². The number of para-hydroxylation sites is 2. The van der Waals surface area contributed by atoms with Crippen molar-refractivity contribution < 1.29 is 4.74 Å². The Morgan fingerprint density at radius 2 is 1.09 bits per heavy atom. The maximum Gasteiger partial charge on any atom is 0.140 e. The third kappa shape index (κ3) is 4.27. The highest BCUT2D eigenvalue weighted by Gasteiger charge is 2.53. The molecular formula is C52H31N3O. The molecule has 4 nitrogen and oxygen atoms in total. The van der Waals surface area contributed by atoms with E-state index in [9.17, 15) is 0 Å². The smallest absolute Gasteiger partial charge is 0.140 e. The van der Waals surface area contributed by atoms with Crippen LogP contribution in [0.5, 0.6) is 11.5 Å². The molecule has 56 heavy (non-hydrogen) atoms. The zero-order chi connectivity index (χ0) is 36.8. The van der Waals surface area contributed by atoms with E-state index < -0.39 is 5.41 Å². The van der Waals surface area contributed by atoms with Crippen molar-refractivity contribution in [3.05, 3.63) is 210 Å². The molecule has 0 radical (unpaired) electrons. The third-order valence-electron chi connectivity index (χ3n) is 11.8. The fraction of sp³-hybridized carbons (Fsp3) is 0.0192. The summed E-state index contributed by atoms with van der Waals surface area (Å²) in [6.45, 7) is 0. The van der Waals surface area contributed by atoms with E-state index in [1.807, 2.05) is 12.3 Å². The van der Waals surface area contributed by atoms with Crippen molar-refractivity contribution in [2.24, 2.45) is 0 Å². The number of hydrogen-bond acceptors (Lipinski definition) is 4. The maximum atomic E-state index is 7.05. The van der Waals surface area contributed by atoms with Gasteiger partial charge in [-0.2, -0.15) is 0 Å². The average molecular weight is 714 g/mol. The van der Waals surface area contributed by atoms with Gasteiger partial charge in [0.05, 0.1) is 33.5 Å². The van der Waals surface area contributed by atoms with E-state index in [4.69, 9.17) is 14.7 Å². The monoisotopic (exact) mass is 713 g/mol. The third-order valence-corrected chi connectivity index (χ3v) is 11.8. The number of nitrogens with zero attached hydrogens (tertiary/aromatic N) is 3. The lowest BCUT2D eigenvalue weighted by molar-refractivity contribution is 0.438. The van der Waals surface area contributed by atoms with Gasteiger partial charge in [0, 0.05) is 61.3 Å². The minimum absolute atomic E-state index is 0.667. The van der Waals surface area contributed by atoms with Gasteiger partial charge in [0.2, 0.25) is 0 Å². The van der Waals surface area contributed by atoms with Crippen molar-refractivity contribution in [2.45, 2.75) is 5.41 Å². The number of pyridine rings is 3. The second kappa shape index (κ2) is 11.8. The van der Waals surface area contributed by atoms with Crippen LogP contribution in [0.15, 0.2) is 188 Å². The summed E-state index contributed by atoms with van der Waals surface area (Å²) < 4.78 is 7.05. The fourth-order valence-electron chi connectivity index (χ4n) is 9.36. The highest BCUT2D eigenvalue weighted by Crippen LogP contribution is 2.64. The Balaban J connectivity index is 1.08. The molecule has 3 aromatic heterocycles. The van der Waals surface area contributed by atoms with Crippen molar-refractivity contribution in [1.29, 1.82) is 0 Å². The highest BCUT2D eigenvalue weighted by molar-refractivity contribution is 6.06. The molecule has 0 saturated heterocycles. The number of fused-ring (bicyclic) bond motifs is 14. The molecule has 0 N–H and O–H groups in total. The molecule has 1 aliphatic heterocycles. The van der Waals surface area contributed by atoms with E-state index in [0.717, 1.165) is 94.7 Å². The first-order valence-electron chi connectivity index (χ1n) is 19.0. The SMILES string of the molecule is c1ccc(-c2nc3c(c4ccccc24)C2(c4ccccc4Oc4c(-c5ccc(-c6ccc7ccc8cccnc8c7n6)cc5)cccc42)c2ccccc2-3)cc1. The number of hydrogen-bond donors (Lipinski definition) is 0. The second-order valence-corrected chi connectivity index (χ2v) is 14.7. The Labute approximate surface area is 323 Å². The van der Waals surface area contributed by atoms with E-state index in [-0.39, 0.29) is 0 Å². The zero-order valence-corrected chi connectivity index (χ0v) is 30.1. The van der Waals surface area contributed by atoms with Crippen molar-refractivity contribution in [1.82, 2.24) is 15.0 Å². The van der Waals surface area contributed by atoms with Crippen molar-refractivity contribution in [2.75, 3.05) is 0 Å². The Morgan fingerprint density at radius 1 is 0.411 bits per heavy atom. The Bertz CT molecular complexity index is 3230. The quantitative estimate of drug-likeness (QED) is 0.171. The molecule has 7 aromatic carbocycles. The number of aromatic nitrogens is 3. The van der Waals surface area contributed by atoms with Gasteiger partial charge in [-0.05, 0) is 34.7 Å². The van der Waals surface area contributed by atoms with Crippen LogP contribution in [0.3, 0.4) is 0 Å². The molecular weight excluding hydrogens is 683 g/mol. The predicted molar refractivity (Wildman–Crippen MR) is 226 cm³/mol. The summed E-state index contributed by atoms with van der Waals surface area (Å²) in [7, 11) is 0.